The first-order valence-corrected chi connectivity index (χ1v) is 7.33. The highest BCUT2D eigenvalue weighted by atomic mass is 79.9. The Balaban J connectivity index is 2.08. The van der Waals surface area contributed by atoms with Crippen LogP contribution in [0, 0.1) is 6.92 Å². The summed E-state index contributed by atoms with van der Waals surface area (Å²) in [6, 6.07) is 7.61. The van der Waals surface area contributed by atoms with Crippen LogP contribution in [0.2, 0.25) is 0 Å². The zero-order chi connectivity index (χ0) is 14.8. The SMILES string of the molecule is Cc1sc(COCC(F)(F)F)nc1-c1ccc(Br)cc1. The Morgan fingerprint density at radius 2 is 1.90 bits per heavy atom. The van der Waals surface area contributed by atoms with Crippen LogP contribution in [0.3, 0.4) is 0 Å². The minimum atomic E-state index is -4.30. The van der Waals surface area contributed by atoms with E-state index in [-0.39, 0.29) is 6.61 Å². The van der Waals surface area contributed by atoms with Gasteiger partial charge in [-0.3, -0.25) is 0 Å². The van der Waals surface area contributed by atoms with Crippen LogP contribution in [0.5, 0.6) is 0 Å². The van der Waals surface area contributed by atoms with Crippen molar-refractivity contribution >= 4 is 27.3 Å². The van der Waals surface area contributed by atoms with Crippen molar-refractivity contribution in [1.29, 1.82) is 0 Å². The first-order chi connectivity index (χ1) is 9.35. The smallest absolute Gasteiger partial charge is 0.365 e. The lowest BCUT2D eigenvalue weighted by molar-refractivity contribution is -0.176. The zero-order valence-corrected chi connectivity index (χ0v) is 12.9. The molecule has 0 unspecified atom stereocenters. The molecular weight excluding hydrogens is 355 g/mol. The van der Waals surface area contributed by atoms with Gasteiger partial charge in [-0.2, -0.15) is 13.2 Å². The minimum Gasteiger partial charge on any atom is -0.365 e. The van der Waals surface area contributed by atoms with Crippen LogP contribution in [-0.4, -0.2) is 17.8 Å². The molecule has 0 amide bonds. The van der Waals surface area contributed by atoms with Gasteiger partial charge < -0.3 is 4.74 Å². The maximum Gasteiger partial charge on any atom is 0.411 e. The molecule has 1 aromatic heterocycles. The third-order valence-electron chi connectivity index (χ3n) is 2.45. The van der Waals surface area contributed by atoms with E-state index in [1.54, 1.807) is 0 Å². The van der Waals surface area contributed by atoms with E-state index in [1.165, 1.54) is 11.3 Å². The molecule has 0 saturated heterocycles. The zero-order valence-electron chi connectivity index (χ0n) is 10.5. The molecule has 0 saturated carbocycles. The van der Waals surface area contributed by atoms with E-state index in [0.29, 0.717) is 5.01 Å². The molecule has 2 rings (SSSR count). The lowest BCUT2D eigenvalue weighted by Gasteiger charge is -2.05. The Morgan fingerprint density at radius 1 is 1.25 bits per heavy atom. The lowest BCUT2D eigenvalue weighted by Crippen LogP contribution is -2.16. The Labute approximate surface area is 126 Å². The highest BCUT2D eigenvalue weighted by Crippen LogP contribution is 2.29. The summed E-state index contributed by atoms with van der Waals surface area (Å²) < 4.78 is 41.6. The van der Waals surface area contributed by atoms with Crippen LogP contribution >= 0.6 is 27.3 Å². The molecule has 108 valence electrons. The standard InChI is InChI=1S/C13H11BrF3NOS/c1-8-12(9-2-4-10(14)5-3-9)18-11(20-8)6-19-7-13(15,16)17/h2-5H,6-7H2,1H3. The van der Waals surface area contributed by atoms with Gasteiger partial charge in [-0.1, -0.05) is 28.1 Å². The molecule has 2 aromatic rings. The number of aryl methyl sites for hydroxylation is 1. The highest BCUT2D eigenvalue weighted by molar-refractivity contribution is 9.10. The largest absolute Gasteiger partial charge is 0.411 e. The first-order valence-electron chi connectivity index (χ1n) is 5.72. The molecular formula is C13H11BrF3NOS. The molecule has 0 spiro atoms. The molecule has 0 atom stereocenters. The summed E-state index contributed by atoms with van der Waals surface area (Å²) in [4.78, 5) is 5.30. The van der Waals surface area contributed by atoms with Crippen molar-refractivity contribution in [3.05, 3.63) is 38.6 Å². The Morgan fingerprint density at radius 3 is 2.50 bits per heavy atom. The van der Waals surface area contributed by atoms with Crippen molar-refractivity contribution in [2.24, 2.45) is 0 Å². The number of ether oxygens (including phenoxy) is 1. The van der Waals surface area contributed by atoms with Crippen molar-refractivity contribution in [1.82, 2.24) is 4.98 Å². The monoisotopic (exact) mass is 365 g/mol. The van der Waals surface area contributed by atoms with E-state index in [0.717, 1.165) is 20.6 Å². The molecule has 0 N–H and O–H groups in total. The molecule has 20 heavy (non-hydrogen) atoms. The summed E-state index contributed by atoms with van der Waals surface area (Å²) in [6.45, 7) is 0.517. The summed E-state index contributed by atoms with van der Waals surface area (Å²) in [5, 5.41) is 0.546. The predicted octanol–water partition coefficient (Wildman–Crippen LogP) is 4.96. The van der Waals surface area contributed by atoms with Gasteiger partial charge in [-0.25, -0.2) is 4.98 Å². The fourth-order valence-corrected chi connectivity index (χ4v) is 2.80. The van der Waals surface area contributed by atoms with Gasteiger partial charge >= 0.3 is 6.18 Å². The normalized spacial score (nSPS) is 11.8. The average molecular weight is 366 g/mol. The molecule has 7 heteroatoms. The third kappa shape index (κ3) is 4.29. The Kier molecular flexibility index (Phi) is 4.82. The number of alkyl halides is 3. The Bertz CT molecular complexity index is 580. The molecule has 2 nitrogen and oxygen atoms in total. The van der Waals surface area contributed by atoms with E-state index in [2.05, 4.69) is 25.7 Å². The summed E-state index contributed by atoms with van der Waals surface area (Å²) in [6.07, 6.45) is -4.30. The maximum atomic E-state index is 12.0. The van der Waals surface area contributed by atoms with Gasteiger partial charge in [0.05, 0.1) is 12.3 Å². The van der Waals surface area contributed by atoms with Gasteiger partial charge in [-0.15, -0.1) is 11.3 Å². The molecule has 0 aliphatic heterocycles. The van der Waals surface area contributed by atoms with Gasteiger partial charge in [0, 0.05) is 14.9 Å². The third-order valence-corrected chi connectivity index (χ3v) is 3.92. The van der Waals surface area contributed by atoms with Crippen molar-refractivity contribution in [2.45, 2.75) is 19.7 Å². The van der Waals surface area contributed by atoms with Crippen molar-refractivity contribution in [2.75, 3.05) is 6.61 Å². The number of aromatic nitrogens is 1. The van der Waals surface area contributed by atoms with E-state index in [9.17, 15) is 13.2 Å². The number of rotatable bonds is 4. The number of hydrogen-bond donors (Lipinski definition) is 0. The Hall–Kier alpha value is -0.920. The van der Waals surface area contributed by atoms with Crippen LogP contribution in [0.15, 0.2) is 28.7 Å². The second-order valence-corrected chi connectivity index (χ2v) is 6.33. The van der Waals surface area contributed by atoms with Crippen LogP contribution in [-0.2, 0) is 11.3 Å². The molecule has 1 aromatic carbocycles. The van der Waals surface area contributed by atoms with Crippen molar-refractivity contribution < 1.29 is 17.9 Å². The minimum absolute atomic E-state index is 0.123. The molecule has 0 aliphatic carbocycles. The number of halogens is 4. The summed E-state index contributed by atoms with van der Waals surface area (Å²) >= 11 is 4.70. The van der Waals surface area contributed by atoms with Gasteiger partial charge in [0.25, 0.3) is 0 Å². The van der Waals surface area contributed by atoms with Crippen molar-refractivity contribution in [3.63, 3.8) is 0 Å². The number of benzene rings is 1. The van der Waals surface area contributed by atoms with Crippen LogP contribution in [0.4, 0.5) is 13.2 Å². The fourth-order valence-electron chi connectivity index (χ4n) is 1.64. The topological polar surface area (TPSA) is 22.1 Å². The summed E-state index contributed by atoms with van der Waals surface area (Å²) in [5.41, 5.74) is 1.72. The molecule has 0 aliphatic rings. The van der Waals surface area contributed by atoms with Crippen molar-refractivity contribution in [3.8, 4) is 11.3 Å². The fraction of sp³-hybridized carbons (Fsp3) is 0.308. The lowest BCUT2D eigenvalue weighted by atomic mass is 10.1. The van der Waals surface area contributed by atoms with Crippen LogP contribution in [0.25, 0.3) is 11.3 Å². The molecule has 0 radical (unpaired) electrons. The van der Waals surface area contributed by atoms with Crippen LogP contribution in [0.1, 0.15) is 9.88 Å². The van der Waals surface area contributed by atoms with Gasteiger partial charge in [0.15, 0.2) is 0 Å². The van der Waals surface area contributed by atoms with Gasteiger partial charge in [0.1, 0.15) is 11.6 Å². The van der Waals surface area contributed by atoms with Crippen LogP contribution < -0.4 is 0 Å². The molecule has 0 bridgehead atoms. The van der Waals surface area contributed by atoms with E-state index >= 15 is 0 Å². The maximum absolute atomic E-state index is 12.0. The second-order valence-electron chi connectivity index (χ2n) is 4.13. The van der Waals surface area contributed by atoms with E-state index in [4.69, 9.17) is 0 Å². The number of hydrogen-bond acceptors (Lipinski definition) is 3. The highest BCUT2D eigenvalue weighted by Gasteiger charge is 2.27. The quantitative estimate of drug-likeness (QED) is 0.763. The predicted molar refractivity (Wildman–Crippen MR) is 75.7 cm³/mol. The molecule has 0 fully saturated rings. The summed E-state index contributed by atoms with van der Waals surface area (Å²) in [7, 11) is 0. The summed E-state index contributed by atoms with van der Waals surface area (Å²) in [5.74, 6) is 0. The number of nitrogens with zero attached hydrogens (tertiary/aromatic N) is 1. The molecule has 1 heterocycles. The van der Waals surface area contributed by atoms with Gasteiger partial charge in [-0.05, 0) is 19.1 Å². The first kappa shape index (κ1) is 15.5. The average Bonchev–Trinajstić information content (AvgIpc) is 2.70. The number of thiazole rings is 1. The van der Waals surface area contributed by atoms with E-state index < -0.39 is 12.8 Å². The van der Waals surface area contributed by atoms with E-state index in [1.807, 2.05) is 31.2 Å². The van der Waals surface area contributed by atoms with Gasteiger partial charge in [0.2, 0.25) is 0 Å². The second kappa shape index (κ2) is 6.24.